The summed E-state index contributed by atoms with van der Waals surface area (Å²) >= 11 is 0. The van der Waals surface area contributed by atoms with Gasteiger partial charge in [0.05, 0.1) is 11.2 Å². The van der Waals surface area contributed by atoms with E-state index in [2.05, 4.69) is 17.1 Å². The summed E-state index contributed by atoms with van der Waals surface area (Å²) in [4.78, 5) is 31.5. The van der Waals surface area contributed by atoms with Crippen LogP contribution in [0.4, 0.5) is 0 Å². The van der Waals surface area contributed by atoms with Crippen molar-refractivity contribution < 1.29 is 9.59 Å². The Balaban J connectivity index is 1.51. The lowest BCUT2D eigenvalue weighted by Gasteiger charge is -2.16. The molecule has 0 aliphatic carbocycles. The molecule has 5 aromatic rings. The number of hydrogen-bond donors (Lipinski definition) is 0. The fraction of sp³-hybridized carbons (Fsp3) is 0.133. The number of carbonyl (C=O) groups is 2. The second-order valence-electron chi connectivity index (χ2n) is 8.68. The van der Waals surface area contributed by atoms with E-state index in [1.165, 1.54) is 0 Å². The molecule has 0 aliphatic heterocycles. The number of para-hydroxylation sites is 1. The highest BCUT2D eigenvalue weighted by molar-refractivity contribution is 6.14. The van der Waals surface area contributed by atoms with Crippen LogP contribution in [0.3, 0.4) is 0 Å². The highest BCUT2D eigenvalue weighted by Gasteiger charge is 2.31. The van der Waals surface area contributed by atoms with E-state index in [-0.39, 0.29) is 18.1 Å². The van der Waals surface area contributed by atoms with Crippen LogP contribution in [0.1, 0.15) is 38.8 Å². The van der Waals surface area contributed by atoms with Crippen molar-refractivity contribution in [2.45, 2.75) is 25.8 Å². The van der Waals surface area contributed by atoms with Crippen molar-refractivity contribution in [2.24, 2.45) is 0 Å². The molecular weight excluding hydrogens is 434 g/mol. The summed E-state index contributed by atoms with van der Waals surface area (Å²) in [6, 6.07) is 30.8. The van der Waals surface area contributed by atoms with E-state index < -0.39 is 5.92 Å². The molecule has 0 aliphatic rings. The number of Topliss-reactive ketones (excluding diaryl/α,β-unsaturated/α-hetero) is 2. The Bertz CT molecular complexity index is 1490. The number of fused-ring (bicyclic) bond motifs is 1. The van der Waals surface area contributed by atoms with Crippen molar-refractivity contribution in [1.82, 2.24) is 14.8 Å². The van der Waals surface area contributed by atoms with Crippen LogP contribution in [-0.2, 0) is 17.8 Å². The smallest absolute Gasteiger partial charge is 0.196 e. The maximum absolute atomic E-state index is 13.7. The molecule has 172 valence electrons. The second-order valence-corrected chi connectivity index (χ2v) is 8.68. The van der Waals surface area contributed by atoms with Crippen LogP contribution < -0.4 is 0 Å². The molecule has 0 spiro atoms. The molecule has 35 heavy (non-hydrogen) atoms. The van der Waals surface area contributed by atoms with Gasteiger partial charge in [0.1, 0.15) is 18.2 Å². The third kappa shape index (κ3) is 4.80. The Morgan fingerprint density at radius 3 is 2.29 bits per heavy atom. The van der Waals surface area contributed by atoms with Gasteiger partial charge in [-0.2, -0.15) is 5.10 Å². The molecule has 0 N–H and O–H groups in total. The molecule has 2 heterocycles. The van der Waals surface area contributed by atoms with Gasteiger partial charge >= 0.3 is 0 Å². The van der Waals surface area contributed by atoms with Crippen molar-refractivity contribution in [3.63, 3.8) is 0 Å². The first-order valence-electron chi connectivity index (χ1n) is 11.6. The summed E-state index contributed by atoms with van der Waals surface area (Å²) in [7, 11) is 0. The maximum atomic E-state index is 13.7. The fourth-order valence-corrected chi connectivity index (χ4v) is 4.42. The lowest BCUT2D eigenvalue weighted by molar-refractivity contribution is -0.120. The van der Waals surface area contributed by atoms with E-state index in [4.69, 9.17) is 5.10 Å². The number of aromatic nitrogens is 3. The number of rotatable bonds is 8. The van der Waals surface area contributed by atoms with Crippen LogP contribution in [0.2, 0.25) is 0 Å². The Labute approximate surface area is 204 Å². The van der Waals surface area contributed by atoms with Crippen molar-refractivity contribution in [2.75, 3.05) is 0 Å². The lowest BCUT2D eigenvalue weighted by atomic mass is 9.88. The molecule has 2 aromatic heterocycles. The Morgan fingerprint density at radius 2 is 1.54 bits per heavy atom. The lowest BCUT2D eigenvalue weighted by Crippen LogP contribution is -2.27. The van der Waals surface area contributed by atoms with Crippen LogP contribution >= 0.6 is 0 Å². The predicted molar refractivity (Wildman–Crippen MR) is 136 cm³/mol. The average Bonchev–Trinajstić information content (AvgIpc) is 3.22. The molecule has 0 fully saturated rings. The zero-order valence-corrected chi connectivity index (χ0v) is 19.5. The van der Waals surface area contributed by atoms with Crippen molar-refractivity contribution in [3.05, 3.63) is 131 Å². The summed E-state index contributed by atoms with van der Waals surface area (Å²) in [6.07, 6.45) is 2.27. The number of benzene rings is 3. The number of nitrogens with zero attached hydrogens (tertiary/aromatic N) is 3. The summed E-state index contributed by atoms with van der Waals surface area (Å²) in [5.74, 6) is -1.47. The number of aryl methyl sites for hydroxylation is 1. The predicted octanol–water partition coefficient (Wildman–Crippen LogP) is 5.57. The Kier molecular flexibility index (Phi) is 6.31. The second kappa shape index (κ2) is 9.85. The van der Waals surface area contributed by atoms with Gasteiger partial charge in [0.15, 0.2) is 11.6 Å². The highest BCUT2D eigenvalue weighted by Crippen LogP contribution is 2.25. The molecule has 3 aromatic carbocycles. The first-order valence-corrected chi connectivity index (χ1v) is 11.6. The van der Waals surface area contributed by atoms with Gasteiger partial charge in [-0.1, -0.05) is 78.9 Å². The minimum Gasteiger partial charge on any atom is -0.296 e. The minimum atomic E-state index is -0.953. The first kappa shape index (κ1) is 22.4. The molecule has 5 rings (SSSR count). The monoisotopic (exact) mass is 459 g/mol. The van der Waals surface area contributed by atoms with Crippen molar-refractivity contribution in [1.29, 1.82) is 0 Å². The van der Waals surface area contributed by atoms with Gasteiger partial charge in [-0.15, -0.1) is 0 Å². The van der Waals surface area contributed by atoms with Crippen LogP contribution in [0.5, 0.6) is 0 Å². The van der Waals surface area contributed by atoms with Gasteiger partial charge in [0.25, 0.3) is 0 Å². The standard InChI is InChI=1S/C30H25N3O2/c1-21-16-17-31-26(18-21)30(35)29(23-12-6-3-7-13-23)28(34)20-33-27-15-9-8-14-24(27)25(32-33)19-22-10-4-2-5-11-22/h2-18,29H,19-20H2,1H3. The third-order valence-electron chi connectivity index (χ3n) is 6.14. The van der Waals surface area contributed by atoms with E-state index in [0.717, 1.165) is 27.7 Å². The van der Waals surface area contributed by atoms with Gasteiger partial charge in [0.2, 0.25) is 0 Å². The minimum absolute atomic E-state index is 0.00752. The molecule has 1 atom stereocenters. The quantitative estimate of drug-likeness (QED) is 0.225. The van der Waals surface area contributed by atoms with Gasteiger partial charge < -0.3 is 0 Å². The first-order chi connectivity index (χ1) is 17.1. The molecule has 5 heteroatoms. The molecule has 0 saturated carbocycles. The zero-order chi connectivity index (χ0) is 24.2. The van der Waals surface area contributed by atoms with Gasteiger partial charge in [0, 0.05) is 18.0 Å². The van der Waals surface area contributed by atoms with Crippen LogP contribution in [-0.4, -0.2) is 26.3 Å². The van der Waals surface area contributed by atoms with Crippen LogP contribution in [0.25, 0.3) is 10.9 Å². The maximum Gasteiger partial charge on any atom is 0.196 e. The van der Waals surface area contributed by atoms with E-state index in [1.807, 2.05) is 85.8 Å². The van der Waals surface area contributed by atoms with E-state index >= 15 is 0 Å². The van der Waals surface area contributed by atoms with Gasteiger partial charge in [-0.25, -0.2) is 0 Å². The molecular formula is C30H25N3O2. The van der Waals surface area contributed by atoms with Crippen molar-refractivity contribution in [3.8, 4) is 0 Å². The number of pyridine rings is 1. The number of hydrogen-bond acceptors (Lipinski definition) is 4. The molecule has 0 amide bonds. The topological polar surface area (TPSA) is 64.8 Å². The van der Waals surface area contributed by atoms with Crippen molar-refractivity contribution >= 4 is 22.5 Å². The van der Waals surface area contributed by atoms with Crippen LogP contribution in [0, 0.1) is 6.92 Å². The summed E-state index contributed by atoms with van der Waals surface area (Å²) in [5.41, 5.74) is 4.81. The van der Waals surface area contributed by atoms with E-state index in [1.54, 1.807) is 16.9 Å². The highest BCUT2D eigenvalue weighted by atomic mass is 16.2. The molecule has 0 radical (unpaired) electrons. The Hall–Kier alpha value is -4.38. The van der Waals surface area contributed by atoms with Gasteiger partial charge in [-0.3, -0.25) is 19.3 Å². The summed E-state index contributed by atoms with van der Waals surface area (Å²) in [5, 5.41) is 5.82. The number of carbonyl (C=O) groups excluding carboxylic acids is 2. The molecule has 0 saturated heterocycles. The number of ketones is 2. The fourth-order valence-electron chi connectivity index (χ4n) is 4.42. The third-order valence-corrected chi connectivity index (χ3v) is 6.14. The van der Waals surface area contributed by atoms with E-state index in [0.29, 0.717) is 17.7 Å². The van der Waals surface area contributed by atoms with Crippen LogP contribution in [0.15, 0.2) is 103 Å². The Morgan fingerprint density at radius 1 is 0.857 bits per heavy atom. The average molecular weight is 460 g/mol. The summed E-state index contributed by atoms with van der Waals surface area (Å²) in [6.45, 7) is 1.90. The molecule has 5 nitrogen and oxygen atoms in total. The zero-order valence-electron chi connectivity index (χ0n) is 19.5. The molecule has 1 unspecified atom stereocenters. The largest absolute Gasteiger partial charge is 0.296 e. The summed E-state index contributed by atoms with van der Waals surface area (Å²) < 4.78 is 1.73. The van der Waals surface area contributed by atoms with Gasteiger partial charge in [-0.05, 0) is 41.8 Å². The molecule has 0 bridgehead atoms. The van der Waals surface area contributed by atoms with E-state index in [9.17, 15) is 9.59 Å². The SMILES string of the molecule is Cc1ccnc(C(=O)C(C(=O)Cn2nc(Cc3ccccc3)c3ccccc32)c2ccccc2)c1. The normalized spacial score (nSPS) is 11.9.